The van der Waals surface area contributed by atoms with Gasteiger partial charge in [-0.2, -0.15) is 5.26 Å². The lowest BCUT2D eigenvalue weighted by molar-refractivity contribution is 0.628. The van der Waals surface area contributed by atoms with Crippen LogP contribution in [0.25, 0.3) is 11.6 Å². The first-order valence-electron chi connectivity index (χ1n) is 5.07. The third-order valence-electron chi connectivity index (χ3n) is 2.29. The molecule has 0 spiro atoms. The molecule has 0 bridgehead atoms. The summed E-state index contributed by atoms with van der Waals surface area (Å²) in [6.07, 6.45) is 4.98. The molecular weight excluding hydrogens is 215 g/mol. The number of aromatic nitrogens is 1. The standard InChI is InChI=1S/C14H9FN2/c15-14-3-1-11(2-4-14)9-13(10-16)12-5-7-17-8-6-12/h1-9H/b13-9-. The second kappa shape index (κ2) is 5.04. The van der Waals surface area contributed by atoms with Crippen LogP contribution in [0, 0.1) is 17.1 Å². The third-order valence-corrected chi connectivity index (χ3v) is 2.29. The van der Waals surface area contributed by atoms with Gasteiger partial charge in [0.25, 0.3) is 0 Å². The van der Waals surface area contributed by atoms with Gasteiger partial charge in [0.05, 0.1) is 11.6 Å². The van der Waals surface area contributed by atoms with Crippen molar-refractivity contribution in [1.82, 2.24) is 4.98 Å². The summed E-state index contributed by atoms with van der Waals surface area (Å²) in [5.41, 5.74) is 2.12. The summed E-state index contributed by atoms with van der Waals surface area (Å²) in [6, 6.07) is 11.6. The SMILES string of the molecule is N#C/C(=C/c1ccc(F)cc1)c1ccncc1. The van der Waals surface area contributed by atoms with Gasteiger partial charge < -0.3 is 0 Å². The first kappa shape index (κ1) is 11.0. The molecule has 0 saturated carbocycles. The van der Waals surface area contributed by atoms with Crippen LogP contribution in [0.4, 0.5) is 4.39 Å². The van der Waals surface area contributed by atoms with Crippen molar-refractivity contribution in [3.05, 3.63) is 65.7 Å². The van der Waals surface area contributed by atoms with Crippen LogP contribution in [0.15, 0.2) is 48.8 Å². The molecule has 0 atom stereocenters. The Kier molecular flexibility index (Phi) is 3.27. The lowest BCUT2D eigenvalue weighted by atomic mass is 10.1. The molecular formula is C14H9FN2. The topological polar surface area (TPSA) is 36.7 Å². The number of hydrogen-bond donors (Lipinski definition) is 0. The molecule has 0 aliphatic carbocycles. The average molecular weight is 224 g/mol. The minimum atomic E-state index is -0.287. The molecule has 0 N–H and O–H groups in total. The van der Waals surface area contributed by atoms with Crippen molar-refractivity contribution in [2.75, 3.05) is 0 Å². The minimum absolute atomic E-state index is 0.287. The Morgan fingerprint density at radius 3 is 2.35 bits per heavy atom. The highest BCUT2D eigenvalue weighted by atomic mass is 19.1. The summed E-state index contributed by atoms with van der Waals surface area (Å²) in [5, 5.41) is 9.08. The van der Waals surface area contributed by atoms with Crippen molar-refractivity contribution in [3.63, 3.8) is 0 Å². The fraction of sp³-hybridized carbons (Fsp3) is 0. The van der Waals surface area contributed by atoms with Crippen molar-refractivity contribution >= 4 is 11.6 Å². The zero-order chi connectivity index (χ0) is 12.1. The number of nitrogens with zero attached hydrogens (tertiary/aromatic N) is 2. The predicted molar refractivity (Wildman–Crippen MR) is 64.1 cm³/mol. The normalized spacial score (nSPS) is 10.9. The second-order valence-electron chi connectivity index (χ2n) is 3.46. The largest absolute Gasteiger partial charge is 0.265 e. The number of pyridine rings is 1. The van der Waals surface area contributed by atoms with E-state index in [1.807, 2.05) is 0 Å². The van der Waals surface area contributed by atoms with Crippen molar-refractivity contribution in [1.29, 1.82) is 5.26 Å². The molecule has 3 heteroatoms. The second-order valence-corrected chi connectivity index (χ2v) is 3.46. The van der Waals surface area contributed by atoms with Crippen LogP contribution in [0.1, 0.15) is 11.1 Å². The van der Waals surface area contributed by atoms with E-state index in [9.17, 15) is 4.39 Å². The molecule has 2 rings (SSSR count). The Morgan fingerprint density at radius 1 is 1.12 bits per heavy atom. The number of halogens is 1. The van der Waals surface area contributed by atoms with Gasteiger partial charge in [0.1, 0.15) is 5.82 Å². The number of benzene rings is 1. The minimum Gasteiger partial charge on any atom is -0.265 e. The molecule has 0 amide bonds. The van der Waals surface area contributed by atoms with E-state index in [0.29, 0.717) is 5.57 Å². The van der Waals surface area contributed by atoms with Gasteiger partial charge in [-0.05, 0) is 41.5 Å². The van der Waals surface area contributed by atoms with Crippen molar-refractivity contribution in [2.24, 2.45) is 0 Å². The van der Waals surface area contributed by atoms with Crippen LogP contribution < -0.4 is 0 Å². The van der Waals surface area contributed by atoms with Gasteiger partial charge in [0.15, 0.2) is 0 Å². The van der Waals surface area contributed by atoms with Crippen LogP contribution in [-0.4, -0.2) is 4.98 Å². The molecule has 82 valence electrons. The van der Waals surface area contributed by atoms with Crippen LogP contribution in [0.2, 0.25) is 0 Å². The Balaban J connectivity index is 2.37. The molecule has 1 aromatic heterocycles. The first-order chi connectivity index (χ1) is 8.29. The van der Waals surface area contributed by atoms with Crippen LogP contribution in [0.3, 0.4) is 0 Å². The van der Waals surface area contributed by atoms with Crippen molar-refractivity contribution in [2.45, 2.75) is 0 Å². The molecule has 0 aliphatic rings. The molecule has 1 heterocycles. The maximum atomic E-state index is 12.7. The number of nitriles is 1. The Labute approximate surface area is 98.7 Å². The van der Waals surface area contributed by atoms with Gasteiger partial charge in [0, 0.05) is 12.4 Å². The van der Waals surface area contributed by atoms with Gasteiger partial charge in [0.2, 0.25) is 0 Å². The number of rotatable bonds is 2. The fourth-order valence-corrected chi connectivity index (χ4v) is 1.44. The Bertz CT molecular complexity index is 565. The Hall–Kier alpha value is -2.47. The summed E-state index contributed by atoms with van der Waals surface area (Å²) in [6.45, 7) is 0. The molecule has 0 aliphatic heterocycles. The number of allylic oxidation sites excluding steroid dienone is 1. The molecule has 0 radical (unpaired) electrons. The first-order valence-corrected chi connectivity index (χ1v) is 5.07. The molecule has 0 saturated heterocycles. The molecule has 17 heavy (non-hydrogen) atoms. The third kappa shape index (κ3) is 2.76. The van der Waals surface area contributed by atoms with E-state index < -0.39 is 0 Å². The van der Waals surface area contributed by atoms with E-state index in [4.69, 9.17) is 5.26 Å². The Morgan fingerprint density at radius 2 is 1.76 bits per heavy atom. The molecule has 2 aromatic rings. The van der Waals surface area contributed by atoms with Crippen molar-refractivity contribution in [3.8, 4) is 6.07 Å². The predicted octanol–water partition coefficient (Wildman–Crippen LogP) is 3.28. The van der Waals surface area contributed by atoms with E-state index in [0.717, 1.165) is 11.1 Å². The highest BCUT2D eigenvalue weighted by Gasteiger charge is 2.00. The van der Waals surface area contributed by atoms with Gasteiger partial charge in [-0.25, -0.2) is 4.39 Å². The monoisotopic (exact) mass is 224 g/mol. The van der Waals surface area contributed by atoms with E-state index >= 15 is 0 Å². The zero-order valence-electron chi connectivity index (χ0n) is 8.97. The summed E-state index contributed by atoms with van der Waals surface area (Å²) >= 11 is 0. The lowest BCUT2D eigenvalue weighted by Crippen LogP contribution is -1.83. The molecule has 2 nitrogen and oxygen atoms in total. The summed E-state index contributed by atoms with van der Waals surface area (Å²) in [5.74, 6) is -0.287. The fourth-order valence-electron chi connectivity index (χ4n) is 1.44. The average Bonchev–Trinajstić information content (AvgIpc) is 2.39. The highest BCUT2D eigenvalue weighted by molar-refractivity contribution is 5.89. The summed E-state index contributed by atoms with van der Waals surface area (Å²) in [4.78, 5) is 3.89. The quantitative estimate of drug-likeness (QED) is 0.734. The van der Waals surface area contributed by atoms with Gasteiger partial charge in [-0.1, -0.05) is 12.1 Å². The molecule has 0 unspecified atom stereocenters. The van der Waals surface area contributed by atoms with Gasteiger partial charge in [-0.3, -0.25) is 4.98 Å². The van der Waals surface area contributed by atoms with Crippen molar-refractivity contribution < 1.29 is 4.39 Å². The summed E-state index contributed by atoms with van der Waals surface area (Å²) in [7, 11) is 0. The highest BCUT2D eigenvalue weighted by Crippen LogP contribution is 2.16. The smallest absolute Gasteiger partial charge is 0.123 e. The van der Waals surface area contributed by atoms with Crippen LogP contribution >= 0.6 is 0 Å². The maximum absolute atomic E-state index is 12.7. The molecule has 1 aromatic carbocycles. The van der Waals surface area contributed by atoms with E-state index in [-0.39, 0.29) is 5.82 Å². The zero-order valence-corrected chi connectivity index (χ0v) is 8.97. The summed E-state index contributed by atoms with van der Waals surface area (Å²) < 4.78 is 12.7. The number of hydrogen-bond acceptors (Lipinski definition) is 2. The lowest BCUT2D eigenvalue weighted by Gasteiger charge is -1.98. The maximum Gasteiger partial charge on any atom is 0.123 e. The van der Waals surface area contributed by atoms with E-state index in [1.165, 1.54) is 12.1 Å². The van der Waals surface area contributed by atoms with Gasteiger partial charge >= 0.3 is 0 Å². The van der Waals surface area contributed by atoms with Crippen LogP contribution in [-0.2, 0) is 0 Å². The van der Waals surface area contributed by atoms with E-state index in [1.54, 1.807) is 42.7 Å². The molecule has 0 fully saturated rings. The van der Waals surface area contributed by atoms with Gasteiger partial charge in [-0.15, -0.1) is 0 Å². The van der Waals surface area contributed by atoms with E-state index in [2.05, 4.69) is 11.1 Å². The van der Waals surface area contributed by atoms with Crippen LogP contribution in [0.5, 0.6) is 0 Å².